The average molecular weight is 401 g/mol. The van der Waals surface area contributed by atoms with Crippen molar-refractivity contribution in [2.24, 2.45) is 14.1 Å². The van der Waals surface area contributed by atoms with Crippen LogP contribution < -0.4 is 10.5 Å². The number of hydrogen-bond acceptors (Lipinski definition) is 6. The molecule has 0 bridgehead atoms. The third-order valence-corrected chi connectivity index (χ3v) is 5.80. The van der Waals surface area contributed by atoms with Gasteiger partial charge in [0.2, 0.25) is 0 Å². The van der Waals surface area contributed by atoms with Gasteiger partial charge in [0.25, 0.3) is 10.0 Å². The third kappa shape index (κ3) is 2.76. The highest BCUT2D eigenvalue weighted by Crippen LogP contribution is 2.36. The molecule has 0 saturated carbocycles. The molecule has 3 heterocycles. The number of aromatic nitrogens is 5. The first-order chi connectivity index (χ1) is 13.3. The highest BCUT2D eigenvalue weighted by Gasteiger charge is 2.22. The Bertz CT molecular complexity index is 1310. The number of halogens is 1. The van der Waals surface area contributed by atoms with E-state index in [4.69, 9.17) is 5.73 Å². The number of benzene rings is 1. The van der Waals surface area contributed by atoms with Gasteiger partial charge < -0.3 is 14.9 Å². The molecule has 0 saturated heterocycles. The monoisotopic (exact) mass is 401 g/mol. The Kier molecular flexibility index (Phi) is 4.03. The van der Waals surface area contributed by atoms with Gasteiger partial charge in [0.15, 0.2) is 10.8 Å². The molecule has 11 heteroatoms. The molecule has 0 fully saturated rings. The molecule has 3 aromatic heterocycles. The summed E-state index contributed by atoms with van der Waals surface area (Å²) in [5, 5.41) is 0.413. The van der Waals surface area contributed by atoms with Crippen molar-refractivity contribution in [1.82, 2.24) is 24.1 Å². The van der Waals surface area contributed by atoms with Gasteiger partial charge in [-0.25, -0.2) is 19.3 Å². The maximum atomic E-state index is 15.3. The zero-order valence-electron chi connectivity index (χ0n) is 15.0. The van der Waals surface area contributed by atoms with Crippen molar-refractivity contribution < 1.29 is 12.8 Å². The van der Waals surface area contributed by atoms with E-state index in [9.17, 15) is 8.42 Å². The van der Waals surface area contributed by atoms with Gasteiger partial charge in [-0.2, -0.15) is 8.42 Å². The van der Waals surface area contributed by atoms with Crippen LogP contribution in [0.1, 0.15) is 0 Å². The second-order valence-corrected chi connectivity index (χ2v) is 7.86. The van der Waals surface area contributed by atoms with E-state index < -0.39 is 15.8 Å². The Balaban J connectivity index is 1.84. The number of imidazole rings is 1. The number of rotatable bonds is 4. The lowest BCUT2D eigenvalue weighted by atomic mass is 10.0. The van der Waals surface area contributed by atoms with Crippen LogP contribution in [0.2, 0.25) is 0 Å². The SMILES string of the molecule is Cn1cncc1S(=O)(=O)Nc1cccc(-c2cn(C)c3ncnc(N)c23)c1F. The Morgan fingerprint density at radius 1 is 1.14 bits per heavy atom. The van der Waals surface area contributed by atoms with Crippen molar-refractivity contribution in [1.29, 1.82) is 0 Å². The average Bonchev–Trinajstić information content (AvgIpc) is 3.22. The number of anilines is 2. The van der Waals surface area contributed by atoms with Crippen LogP contribution >= 0.6 is 0 Å². The van der Waals surface area contributed by atoms with E-state index in [1.54, 1.807) is 29.9 Å². The van der Waals surface area contributed by atoms with Crippen LogP contribution in [0.3, 0.4) is 0 Å². The molecule has 4 aromatic rings. The molecular formula is C17H16FN7O2S. The van der Waals surface area contributed by atoms with Crippen LogP contribution in [0.15, 0.2) is 48.3 Å². The Labute approximate surface area is 159 Å². The van der Waals surface area contributed by atoms with Crippen molar-refractivity contribution >= 4 is 32.6 Å². The summed E-state index contributed by atoms with van der Waals surface area (Å²) in [4.78, 5) is 11.9. The van der Waals surface area contributed by atoms with Crippen LogP contribution in [0, 0.1) is 5.82 Å². The maximum absolute atomic E-state index is 15.3. The first-order valence-corrected chi connectivity index (χ1v) is 9.61. The molecule has 144 valence electrons. The van der Waals surface area contributed by atoms with Crippen LogP contribution in [-0.2, 0) is 24.1 Å². The molecule has 0 aliphatic carbocycles. The maximum Gasteiger partial charge on any atom is 0.279 e. The minimum absolute atomic E-state index is 0.0832. The summed E-state index contributed by atoms with van der Waals surface area (Å²) in [5.41, 5.74) is 6.97. The smallest absolute Gasteiger partial charge is 0.279 e. The van der Waals surface area contributed by atoms with Crippen molar-refractivity contribution in [2.75, 3.05) is 10.5 Å². The quantitative estimate of drug-likeness (QED) is 0.539. The lowest BCUT2D eigenvalue weighted by Gasteiger charge is -2.11. The van der Waals surface area contributed by atoms with E-state index >= 15 is 4.39 Å². The molecule has 3 N–H and O–H groups in total. The molecule has 0 aliphatic heterocycles. The number of sulfonamides is 1. The van der Waals surface area contributed by atoms with Crippen molar-refractivity contribution in [3.63, 3.8) is 0 Å². The van der Waals surface area contributed by atoms with Gasteiger partial charge in [-0.15, -0.1) is 0 Å². The topological polar surface area (TPSA) is 121 Å². The molecule has 0 aliphatic rings. The zero-order chi connectivity index (χ0) is 20.1. The summed E-state index contributed by atoms with van der Waals surface area (Å²) in [6.45, 7) is 0. The predicted octanol–water partition coefficient (Wildman–Crippen LogP) is 1.89. The number of nitrogens with zero attached hydrogens (tertiary/aromatic N) is 5. The minimum atomic E-state index is -4.01. The van der Waals surface area contributed by atoms with Gasteiger partial charge >= 0.3 is 0 Å². The minimum Gasteiger partial charge on any atom is -0.383 e. The molecular weight excluding hydrogens is 385 g/mol. The van der Waals surface area contributed by atoms with Crippen LogP contribution in [0.5, 0.6) is 0 Å². The summed E-state index contributed by atoms with van der Waals surface area (Å²) in [7, 11) is -0.722. The number of nitrogen functional groups attached to an aromatic ring is 1. The van der Waals surface area contributed by atoms with Crippen LogP contribution in [0.4, 0.5) is 15.9 Å². The fourth-order valence-corrected chi connectivity index (χ4v) is 4.24. The molecule has 0 amide bonds. The lowest BCUT2D eigenvalue weighted by molar-refractivity contribution is 0.589. The van der Waals surface area contributed by atoms with Gasteiger partial charge in [-0.3, -0.25) is 4.72 Å². The number of nitrogens with two attached hydrogens (primary N) is 1. The second kappa shape index (κ2) is 6.30. The van der Waals surface area contributed by atoms with Gasteiger partial charge in [0, 0.05) is 31.4 Å². The molecule has 4 rings (SSSR count). The number of aryl methyl sites for hydroxylation is 2. The molecule has 0 radical (unpaired) electrons. The van der Waals surface area contributed by atoms with Gasteiger partial charge in [0.1, 0.15) is 17.8 Å². The van der Waals surface area contributed by atoms with E-state index in [1.165, 1.54) is 36.5 Å². The van der Waals surface area contributed by atoms with E-state index in [1.807, 2.05) is 0 Å². The number of hydrogen-bond donors (Lipinski definition) is 2. The van der Waals surface area contributed by atoms with Crippen molar-refractivity contribution in [3.8, 4) is 11.1 Å². The third-order valence-electron chi connectivity index (χ3n) is 4.36. The Morgan fingerprint density at radius 2 is 1.93 bits per heavy atom. The summed E-state index contributed by atoms with van der Waals surface area (Å²) in [6, 6.07) is 4.44. The molecule has 0 spiro atoms. The molecule has 9 nitrogen and oxygen atoms in total. The van der Waals surface area contributed by atoms with Gasteiger partial charge in [0.05, 0.1) is 23.6 Å². The van der Waals surface area contributed by atoms with Crippen LogP contribution in [0.25, 0.3) is 22.2 Å². The summed E-state index contributed by atoms with van der Waals surface area (Å²) in [5.74, 6) is -0.523. The van der Waals surface area contributed by atoms with Gasteiger partial charge in [-0.1, -0.05) is 12.1 Å². The zero-order valence-corrected chi connectivity index (χ0v) is 15.8. The number of nitrogens with one attached hydrogen (secondary N) is 1. The van der Waals surface area contributed by atoms with E-state index in [-0.39, 0.29) is 22.1 Å². The lowest BCUT2D eigenvalue weighted by Crippen LogP contribution is -2.17. The molecule has 1 aromatic carbocycles. The standard InChI is InChI=1S/C17H16FN7O2S/c1-24-7-11(14-16(19)21-8-22-17(14)24)10-4-3-5-12(15(10)18)23-28(26,27)13-6-20-9-25(13)2/h3-9,23H,1-2H3,(H2,19,21,22). The Morgan fingerprint density at radius 3 is 2.64 bits per heavy atom. The second-order valence-electron chi connectivity index (χ2n) is 6.23. The fraction of sp³-hybridized carbons (Fsp3) is 0.118. The number of fused-ring (bicyclic) bond motifs is 1. The van der Waals surface area contributed by atoms with E-state index in [0.29, 0.717) is 16.6 Å². The highest BCUT2D eigenvalue weighted by molar-refractivity contribution is 7.92. The summed E-state index contributed by atoms with van der Waals surface area (Å²) in [6.07, 6.45) is 5.54. The predicted molar refractivity (Wildman–Crippen MR) is 102 cm³/mol. The Hall–Kier alpha value is -3.47. The first-order valence-electron chi connectivity index (χ1n) is 8.13. The van der Waals surface area contributed by atoms with E-state index in [0.717, 1.165) is 0 Å². The summed E-state index contributed by atoms with van der Waals surface area (Å²) >= 11 is 0. The van der Waals surface area contributed by atoms with Crippen molar-refractivity contribution in [2.45, 2.75) is 5.03 Å². The molecule has 28 heavy (non-hydrogen) atoms. The first kappa shape index (κ1) is 17.9. The van der Waals surface area contributed by atoms with Crippen LogP contribution in [-0.4, -0.2) is 32.5 Å². The van der Waals surface area contributed by atoms with Gasteiger partial charge in [-0.05, 0) is 6.07 Å². The highest BCUT2D eigenvalue weighted by atomic mass is 32.2. The largest absolute Gasteiger partial charge is 0.383 e. The summed E-state index contributed by atoms with van der Waals surface area (Å²) < 4.78 is 45.7. The normalized spacial score (nSPS) is 11.8. The molecule has 0 unspecified atom stereocenters. The van der Waals surface area contributed by atoms with E-state index in [2.05, 4.69) is 19.7 Å². The fourth-order valence-electron chi connectivity index (χ4n) is 3.06. The van der Waals surface area contributed by atoms with Crippen molar-refractivity contribution in [3.05, 3.63) is 49.1 Å². The molecule has 0 atom stereocenters.